The minimum absolute atomic E-state index is 0.00885. The van der Waals surface area contributed by atoms with Crippen molar-refractivity contribution in [1.29, 1.82) is 0 Å². The van der Waals surface area contributed by atoms with E-state index in [-0.39, 0.29) is 12.0 Å². The molecule has 20 heavy (non-hydrogen) atoms. The van der Waals surface area contributed by atoms with Crippen LogP contribution in [0.3, 0.4) is 0 Å². The molecule has 0 N–H and O–H groups in total. The second-order valence-corrected chi connectivity index (χ2v) is 5.07. The summed E-state index contributed by atoms with van der Waals surface area (Å²) in [4.78, 5) is 18.5. The van der Waals surface area contributed by atoms with Gasteiger partial charge in [-0.05, 0) is 25.8 Å². The Hall–Kier alpha value is -1.95. The lowest BCUT2D eigenvalue weighted by atomic mass is 10.1. The van der Waals surface area contributed by atoms with Crippen molar-refractivity contribution >= 4 is 17.0 Å². The fraction of sp³-hybridized carbons (Fsp3) is 0.500. The van der Waals surface area contributed by atoms with E-state index >= 15 is 0 Å². The zero-order chi connectivity index (χ0) is 14.1. The molecule has 0 spiro atoms. The molecule has 6 nitrogen and oxygen atoms in total. The average molecular weight is 275 g/mol. The number of pyridine rings is 1. The molecule has 1 saturated heterocycles. The van der Waals surface area contributed by atoms with E-state index in [1.807, 2.05) is 11.8 Å². The van der Waals surface area contributed by atoms with Crippen LogP contribution in [0.15, 0.2) is 16.8 Å². The van der Waals surface area contributed by atoms with Crippen LogP contribution in [-0.4, -0.2) is 47.3 Å². The van der Waals surface area contributed by atoms with Crippen LogP contribution in [0.25, 0.3) is 11.1 Å². The first-order valence-corrected chi connectivity index (χ1v) is 6.73. The van der Waals surface area contributed by atoms with Crippen LogP contribution in [0.2, 0.25) is 0 Å². The number of fused-ring (bicyclic) bond motifs is 1. The molecule has 2 aromatic rings. The summed E-state index contributed by atoms with van der Waals surface area (Å²) in [7, 11) is 1.72. The Bertz CT molecular complexity index is 630. The predicted molar refractivity (Wildman–Crippen MR) is 72.5 cm³/mol. The van der Waals surface area contributed by atoms with Gasteiger partial charge >= 0.3 is 0 Å². The molecule has 1 aliphatic rings. The van der Waals surface area contributed by atoms with Gasteiger partial charge in [0.2, 0.25) is 0 Å². The number of methoxy groups -OCH3 is 1. The summed E-state index contributed by atoms with van der Waals surface area (Å²) in [5.41, 5.74) is 1.80. The van der Waals surface area contributed by atoms with E-state index in [0.717, 1.165) is 37.0 Å². The standard InChI is InChI=1S/C14H17N3O3/c1-9-12-7-10(8-15-13(12)20-16-9)14(18)17-5-3-11(19-2)4-6-17/h7-8,11H,3-6H2,1-2H3. The highest BCUT2D eigenvalue weighted by atomic mass is 16.5. The molecule has 3 heterocycles. The van der Waals surface area contributed by atoms with E-state index < -0.39 is 0 Å². The van der Waals surface area contributed by atoms with Crippen LogP contribution in [-0.2, 0) is 4.74 Å². The summed E-state index contributed by atoms with van der Waals surface area (Å²) in [5.74, 6) is 0.00885. The van der Waals surface area contributed by atoms with Gasteiger partial charge in [-0.3, -0.25) is 4.79 Å². The maximum atomic E-state index is 12.5. The zero-order valence-corrected chi connectivity index (χ0v) is 11.6. The largest absolute Gasteiger partial charge is 0.381 e. The summed E-state index contributed by atoms with van der Waals surface area (Å²) >= 11 is 0. The van der Waals surface area contributed by atoms with Crippen LogP contribution >= 0.6 is 0 Å². The summed E-state index contributed by atoms with van der Waals surface area (Å²) in [6.45, 7) is 3.28. The molecule has 106 valence electrons. The number of carbonyl (C=O) groups is 1. The summed E-state index contributed by atoms with van der Waals surface area (Å²) in [5, 5.41) is 4.64. The molecule has 6 heteroatoms. The SMILES string of the molecule is COC1CCN(C(=O)c2cnc3onc(C)c3c2)CC1. The third-order valence-corrected chi connectivity index (χ3v) is 3.82. The van der Waals surface area contributed by atoms with Crippen molar-refractivity contribution < 1.29 is 14.1 Å². The minimum atomic E-state index is 0.00885. The van der Waals surface area contributed by atoms with E-state index in [0.29, 0.717) is 11.3 Å². The molecule has 0 atom stereocenters. The number of carbonyl (C=O) groups excluding carboxylic acids is 1. The number of aryl methyl sites for hydroxylation is 1. The van der Waals surface area contributed by atoms with Gasteiger partial charge in [-0.25, -0.2) is 4.98 Å². The van der Waals surface area contributed by atoms with Crippen LogP contribution < -0.4 is 0 Å². The first-order chi connectivity index (χ1) is 9.69. The number of ether oxygens (including phenoxy) is 1. The van der Waals surface area contributed by atoms with Crippen LogP contribution in [0.4, 0.5) is 0 Å². The Balaban J connectivity index is 1.80. The highest BCUT2D eigenvalue weighted by Crippen LogP contribution is 2.20. The smallest absolute Gasteiger partial charge is 0.257 e. The number of amides is 1. The van der Waals surface area contributed by atoms with Crippen molar-refractivity contribution in [3.8, 4) is 0 Å². The number of hydrogen-bond acceptors (Lipinski definition) is 5. The van der Waals surface area contributed by atoms with Crippen LogP contribution in [0.1, 0.15) is 28.9 Å². The number of hydrogen-bond donors (Lipinski definition) is 0. The number of likely N-dealkylation sites (tertiary alicyclic amines) is 1. The third-order valence-electron chi connectivity index (χ3n) is 3.82. The average Bonchev–Trinajstić information content (AvgIpc) is 2.87. The maximum Gasteiger partial charge on any atom is 0.257 e. The second kappa shape index (κ2) is 5.20. The molecule has 1 fully saturated rings. The summed E-state index contributed by atoms with van der Waals surface area (Å²) < 4.78 is 10.4. The third kappa shape index (κ3) is 2.27. The molecule has 0 bridgehead atoms. The molecule has 0 aliphatic carbocycles. The number of rotatable bonds is 2. The summed E-state index contributed by atoms with van der Waals surface area (Å²) in [6.07, 6.45) is 3.58. The molecule has 3 rings (SSSR count). The molecule has 1 amide bonds. The fourth-order valence-electron chi connectivity index (χ4n) is 2.54. The van der Waals surface area contributed by atoms with Crippen LogP contribution in [0.5, 0.6) is 0 Å². The van der Waals surface area contributed by atoms with Crippen molar-refractivity contribution in [3.05, 3.63) is 23.5 Å². The van der Waals surface area contributed by atoms with Crippen molar-refractivity contribution in [2.45, 2.75) is 25.9 Å². The van der Waals surface area contributed by atoms with Gasteiger partial charge in [0.05, 0.1) is 22.7 Å². The number of piperidine rings is 1. The van der Waals surface area contributed by atoms with Crippen molar-refractivity contribution in [1.82, 2.24) is 15.0 Å². The van der Waals surface area contributed by atoms with Crippen molar-refractivity contribution in [2.24, 2.45) is 0 Å². The molecule has 2 aromatic heterocycles. The molecular formula is C14H17N3O3. The number of aromatic nitrogens is 2. The normalized spacial score (nSPS) is 16.8. The predicted octanol–water partition coefficient (Wildman–Crippen LogP) is 1.78. The van der Waals surface area contributed by atoms with Gasteiger partial charge in [0.1, 0.15) is 0 Å². The lowest BCUT2D eigenvalue weighted by Gasteiger charge is -2.31. The first kappa shape index (κ1) is 13.1. The van der Waals surface area contributed by atoms with E-state index in [4.69, 9.17) is 9.26 Å². The molecule has 0 unspecified atom stereocenters. The quantitative estimate of drug-likeness (QED) is 0.835. The topological polar surface area (TPSA) is 68.5 Å². The Morgan fingerprint density at radius 3 is 2.90 bits per heavy atom. The lowest BCUT2D eigenvalue weighted by molar-refractivity contribution is 0.0350. The second-order valence-electron chi connectivity index (χ2n) is 5.07. The zero-order valence-electron chi connectivity index (χ0n) is 11.6. The van der Waals surface area contributed by atoms with Gasteiger partial charge in [-0.1, -0.05) is 5.16 Å². The van der Waals surface area contributed by atoms with Gasteiger partial charge < -0.3 is 14.2 Å². The van der Waals surface area contributed by atoms with E-state index in [2.05, 4.69) is 10.1 Å². The highest BCUT2D eigenvalue weighted by Gasteiger charge is 2.24. The van der Waals surface area contributed by atoms with Gasteiger partial charge in [-0.2, -0.15) is 0 Å². The molecular weight excluding hydrogens is 258 g/mol. The van der Waals surface area contributed by atoms with Crippen LogP contribution in [0, 0.1) is 6.92 Å². The van der Waals surface area contributed by atoms with E-state index in [1.54, 1.807) is 19.4 Å². The highest BCUT2D eigenvalue weighted by molar-refractivity contribution is 5.97. The summed E-state index contributed by atoms with van der Waals surface area (Å²) in [6, 6.07) is 1.80. The molecule has 0 radical (unpaired) electrons. The Morgan fingerprint density at radius 2 is 2.20 bits per heavy atom. The number of nitrogens with zero attached hydrogens (tertiary/aromatic N) is 3. The molecule has 1 aliphatic heterocycles. The fourth-order valence-corrected chi connectivity index (χ4v) is 2.54. The monoisotopic (exact) mass is 275 g/mol. The van der Waals surface area contributed by atoms with Crippen molar-refractivity contribution in [3.63, 3.8) is 0 Å². The molecule has 0 aromatic carbocycles. The maximum absolute atomic E-state index is 12.5. The van der Waals surface area contributed by atoms with Gasteiger partial charge in [0.25, 0.3) is 11.6 Å². The van der Waals surface area contributed by atoms with Gasteiger partial charge in [0.15, 0.2) is 0 Å². The van der Waals surface area contributed by atoms with E-state index in [9.17, 15) is 4.79 Å². The van der Waals surface area contributed by atoms with Gasteiger partial charge in [0, 0.05) is 26.4 Å². The Morgan fingerprint density at radius 1 is 1.45 bits per heavy atom. The lowest BCUT2D eigenvalue weighted by Crippen LogP contribution is -2.40. The molecule has 0 saturated carbocycles. The minimum Gasteiger partial charge on any atom is -0.381 e. The first-order valence-electron chi connectivity index (χ1n) is 6.73. The van der Waals surface area contributed by atoms with Crippen molar-refractivity contribution in [2.75, 3.05) is 20.2 Å². The van der Waals surface area contributed by atoms with Gasteiger partial charge in [-0.15, -0.1) is 0 Å². The van der Waals surface area contributed by atoms with E-state index in [1.165, 1.54) is 0 Å². The Labute approximate surface area is 116 Å². The Kier molecular flexibility index (Phi) is 3.40.